The highest BCUT2D eigenvalue weighted by Gasteiger charge is 2.20. The molecule has 0 fully saturated rings. The molecule has 0 N–H and O–H groups in total. The Morgan fingerprint density at radius 1 is 0.579 bits per heavy atom. The van der Waals surface area contributed by atoms with E-state index in [1.54, 1.807) is 0 Å². The van der Waals surface area contributed by atoms with Gasteiger partial charge in [-0.25, -0.2) is 0 Å². The molecule has 0 aliphatic heterocycles. The van der Waals surface area contributed by atoms with Crippen LogP contribution in [-0.2, 0) is 12.8 Å². The minimum Gasteiger partial charge on any atom is -0.310 e. The molecule has 1 heteroatoms. The molecule has 0 aromatic heterocycles. The van der Waals surface area contributed by atoms with E-state index in [0.29, 0.717) is 0 Å². The van der Waals surface area contributed by atoms with Crippen molar-refractivity contribution in [1.29, 1.82) is 0 Å². The lowest BCUT2D eigenvalue weighted by molar-refractivity contribution is 0.911. The number of anilines is 3. The molecule has 38 heavy (non-hydrogen) atoms. The van der Waals surface area contributed by atoms with Crippen LogP contribution in [0.4, 0.5) is 17.1 Å². The first-order valence-corrected chi connectivity index (χ1v) is 13.6. The lowest BCUT2D eigenvalue weighted by Crippen LogP contribution is -2.12. The molecule has 0 spiro atoms. The Morgan fingerprint density at radius 3 is 1.82 bits per heavy atom. The van der Waals surface area contributed by atoms with E-state index in [-0.39, 0.29) is 0 Å². The number of para-hydroxylation sites is 1. The quantitative estimate of drug-likeness (QED) is 0.214. The second kappa shape index (κ2) is 10.6. The van der Waals surface area contributed by atoms with Gasteiger partial charge in [-0.2, -0.15) is 0 Å². The van der Waals surface area contributed by atoms with Crippen LogP contribution < -0.4 is 4.90 Å². The molecule has 5 aromatic rings. The third-order valence-corrected chi connectivity index (χ3v) is 7.56. The minimum atomic E-state index is 1.14. The van der Waals surface area contributed by atoms with Crippen LogP contribution in [0.15, 0.2) is 121 Å². The highest BCUT2D eigenvalue weighted by molar-refractivity contribution is 5.92. The highest BCUT2D eigenvalue weighted by Crippen LogP contribution is 2.40. The van der Waals surface area contributed by atoms with E-state index in [1.165, 1.54) is 74.4 Å². The summed E-state index contributed by atoms with van der Waals surface area (Å²) in [6.45, 7) is 4.27. The van der Waals surface area contributed by atoms with Crippen molar-refractivity contribution in [2.24, 2.45) is 0 Å². The Bertz CT molecular complexity index is 1510. The number of nitrogens with zero attached hydrogens (tertiary/aromatic N) is 1. The number of hydrogen-bond donors (Lipinski definition) is 0. The summed E-state index contributed by atoms with van der Waals surface area (Å²) in [6, 6.07) is 44.2. The first kappa shape index (κ1) is 24.0. The Balaban J connectivity index is 1.42. The molecule has 1 aliphatic rings. The maximum absolute atomic E-state index is 2.42. The summed E-state index contributed by atoms with van der Waals surface area (Å²) >= 11 is 0. The topological polar surface area (TPSA) is 3.24 Å². The number of aryl methyl sites for hydroxylation is 3. The zero-order chi connectivity index (χ0) is 25.9. The van der Waals surface area contributed by atoms with E-state index in [2.05, 4.69) is 146 Å². The van der Waals surface area contributed by atoms with Crippen molar-refractivity contribution >= 4 is 28.7 Å². The van der Waals surface area contributed by atoms with Crippen molar-refractivity contribution in [1.82, 2.24) is 0 Å². The van der Waals surface area contributed by atoms with Crippen LogP contribution in [0.1, 0.15) is 45.4 Å². The maximum Gasteiger partial charge on any atom is 0.0496 e. The average Bonchev–Trinajstić information content (AvgIpc) is 3.44. The second-order valence-electron chi connectivity index (χ2n) is 10.3. The van der Waals surface area contributed by atoms with Gasteiger partial charge in [0, 0.05) is 17.1 Å². The van der Waals surface area contributed by atoms with Crippen LogP contribution in [0.3, 0.4) is 0 Å². The molecule has 1 nitrogen and oxygen atoms in total. The third-order valence-electron chi connectivity index (χ3n) is 7.56. The Kier molecular flexibility index (Phi) is 6.67. The molecular weight excluding hydrogens is 458 g/mol. The summed E-state index contributed by atoms with van der Waals surface area (Å²) in [5.74, 6) is 0. The van der Waals surface area contributed by atoms with Gasteiger partial charge in [-0.1, -0.05) is 102 Å². The van der Waals surface area contributed by atoms with Crippen LogP contribution in [0.2, 0.25) is 0 Å². The van der Waals surface area contributed by atoms with Crippen molar-refractivity contribution in [3.8, 4) is 0 Å². The normalized spacial score (nSPS) is 12.2. The van der Waals surface area contributed by atoms with Gasteiger partial charge in [-0.3, -0.25) is 0 Å². The van der Waals surface area contributed by atoms with E-state index < -0.39 is 0 Å². The molecule has 0 heterocycles. The van der Waals surface area contributed by atoms with Crippen LogP contribution in [-0.4, -0.2) is 0 Å². The van der Waals surface area contributed by atoms with E-state index in [4.69, 9.17) is 0 Å². The Labute approximate surface area is 226 Å². The standard InChI is InChI=1S/C37H33N/c1-27-14-20-31(21-15-27)36(32-22-16-28(2)17-23-32)26-29-18-24-34(25-19-29)38(33-10-4-3-5-11-33)37-13-7-9-30-8-6-12-35(30)37/h3-5,7,9-11,13-26H,6,8,12H2,1-2H3. The van der Waals surface area contributed by atoms with E-state index >= 15 is 0 Å². The summed E-state index contributed by atoms with van der Waals surface area (Å²) in [5.41, 5.74) is 14.1. The number of hydrogen-bond acceptors (Lipinski definition) is 1. The zero-order valence-corrected chi connectivity index (χ0v) is 22.2. The number of fused-ring (bicyclic) bond motifs is 1. The van der Waals surface area contributed by atoms with Crippen molar-refractivity contribution in [2.45, 2.75) is 33.1 Å². The van der Waals surface area contributed by atoms with Gasteiger partial charge in [0.2, 0.25) is 0 Å². The molecule has 0 bridgehead atoms. The van der Waals surface area contributed by atoms with Crippen molar-refractivity contribution in [3.05, 3.63) is 160 Å². The van der Waals surface area contributed by atoms with Gasteiger partial charge in [0.25, 0.3) is 0 Å². The van der Waals surface area contributed by atoms with Gasteiger partial charge in [-0.05, 0) is 103 Å². The highest BCUT2D eigenvalue weighted by atomic mass is 15.1. The van der Waals surface area contributed by atoms with Gasteiger partial charge in [0.1, 0.15) is 0 Å². The van der Waals surface area contributed by atoms with E-state index in [1.807, 2.05) is 0 Å². The van der Waals surface area contributed by atoms with Crippen LogP contribution in [0.25, 0.3) is 11.6 Å². The molecule has 0 saturated heterocycles. The van der Waals surface area contributed by atoms with Gasteiger partial charge in [-0.15, -0.1) is 0 Å². The summed E-state index contributed by atoms with van der Waals surface area (Å²) in [7, 11) is 0. The summed E-state index contributed by atoms with van der Waals surface area (Å²) < 4.78 is 0. The maximum atomic E-state index is 2.42. The lowest BCUT2D eigenvalue weighted by atomic mass is 9.94. The van der Waals surface area contributed by atoms with Crippen LogP contribution in [0, 0.1) is 13.8 Å². The van der Waals surface area contributed by atoms with Crippen molar-refractivity contribution in [2.75, 3.05) is 4.90 Å². The third kappa shape index (κ3) is 4.93. The van der Waals surface area contributed by atoms with E-state index in [0.717, 1.165) is 6.42 Å². The van der Waals surface area contributed by atoms with Gasteiger partial charge >= 0.3 is 0 Å². The fourth-order valence-electron chi connectivity index (χ4n) is 5.50. The molecule has 0 saturated carbocycles. The molecule has 186 valence electrons. The smallest absolute Gasteiger partial charge is 0.0496 e. The number of rotatable bonds is 6. The molecular formula is C37H33N. The van der Waals surface area contributed by atoms with E-state index in [9.17, 15) is 0 Å². The SMILES string of the molecule is Cc1ccc(C(=Cc2ccc(N(c3ccccc3)c3cccc4c3CCC4)cc2)c2ccc(C)cc2)cc1. The van der Waals surface area contributed by atoms with Crippen LogP contribution >= 0.6 is 0 Å². The summed E-state index contributed by atoms with van der Waals surface area (Å²) in [4.78, 5) is 2.42. The average molecular weight is 492 g/mol. The molecule has 0 amide bonds. The predicted molar refractivity (Wildman–Crippen MR) is 162 cm³/mol. The van der Waals surface area contributed by atoms with Crippen molar-refractivity contribution in [3.63, 3.8) is 0 Å². The summed E-state index contributed by atoms with van der Waals surface area (Å²) in [6.07, 6.45) is 5.87. The fourth-order valence-corrected chi connectivity index (χ4v) is 5.50. The number of benzene rings is 5. The molecule has 0 unspecified atom stereocenters. The molecule has 6 rings (SSSR count). The molecule has 1 aliphatic carbocycles. The molecule has 0 radical (unpaired) electrons. The molecule has 5 aromatic carbocycles. The Morgan fingerprint density at radius 2 is 1.18 bits per heavy atom. The second-order valence-corrected chi connectivity index (χ2v) is 10.3. The fraction of sp³-hybridized carbons (Fsp3) is 0.135. The first-order valence-electron chi connectivity index (χ1n) is 13.6. The van der Waals surface area contributed by atoms with Gasteiger partial charge < -0.3 is 4.90 Å². The van der Waals surface area contributed by atoms with Crippen molar-refractivity contribution < 1.29 is 0 Å². The zero-order valence-electron chi connectivity index (χ0n) is 22.2. The minimum absolute atomic E-state index is 1.14. The predicted octanol–water partition coefficient (Wildman–Crippen LogP) is 9.85. The van der Waals surface area contributed by atoms with Gasteiger partial charge in [0.15, 0.2) is 0 Å². The lowest BCUT2D eigenvalue weighted by Gasteiger charge is -2.27. The largest absolute Gasteiger partial charge is 0.310 e. The Hall–Kier alpha value is -4.36. The van der Waals surface area contributed by atoms with Crippen LogP contribution in [0.5, 0.6) is 0 Å². The molecule has 0 atom stereocenters. The summed E-state index contributed by atoms with van der Waals surface area (Å²) in [5, 5.41) is 0. The monoisotopic (exact) mass is 491 g/mol. The first-order chi connectivity index (χ1) is 18.7. The van der Waals surface area contributed by atoms with Gasteiger partial charge in [0.05, 0.1) is 0 Å².